The first kappa shape index (κ1) is 8.98. The summed E-state index contributed by atoms with van der Waals surface area (Å²) in [6, 6.07) is 0. The first-order valence-electron chi connectivity index (χ1n) is 3.17. The Kier molecular flexibility index (Phi) is 2.64. The molecule has 0 radical (unpaired) electrons. The minimum Gasteiger partial charge on any atom is -0.481 e. The van der Waals surface area contributed by atoms with E-state index < -0.39 is 5.97 Å². The molecule has 0 saturated heterocycles. The molecule has 6 nitrogen and oxygen atoms in total. The second-order valence-corrected chi connectivity index (χ2v) is 2.82. The summed E-state index contributed by atoms with van der Waals surface area (Å²) < 4.78 is 1.84. The lowest BCUT2D eigenvalue weighted by atomic mass is 10.4. The normalized spacial score (nSPS) is 10.1. The molecular formula is C5H7BrN4O2. The SMILES string of the molecule is Nc1nc(Br)n(CCC(=O)O)n1. The van der Waals surface area contributed by atoms with Gasteiger partial charge in [0.1, 0.15) is 0 Å². The van der Waals surface area contributed by atoms with Crippen molar-refractivity contribution in [2.45, 2.75) is 13.0 Å². The second-order valence-electron chi connectivity index (χ2n) is 2.11. The van der Waals surface area contributed by atoms with E-state index in [9.17, 15) is 4.79 Å². The molecule has 0 aliphatic carbocycles. The van der Waals surface area contributed by atoms with Gasteiger partial charge in [0.2, 0.25) is 5.95 Å². The van der Waals surface area contributed by atoms with Crippen molar-refractivity contribution in [3.05, 3.63) is 4.73 Å². The number of carboxylic acid groups (broad SMARTS) is 1. The molecule has 0 amide bonds. The van der Waals surface area contributed by atoms with Crippen LogP contribution in [0.1, 0.15) is 6.42 Å². The molecule has 1 aromatic heterocycles. The van der Waals surface area contributed by atoms with E-state index >= 15 is 0 Å². The molecule has 0 bridgehead atoms. The van der Waals surface area contributed by atoms with Crippen LogP contribution in [0.25, 0.3) is 0 Å². The Hall–Kier alpha value is -1.11. The summed E-state index contributed by atoms with van der Waals surface area (Å²) in [7, 11) is 0. The molecular weight excluding hydrogens is 228 g/mol. The first-order chi connectivity index (χ1) is 5.59. The minimum absolute atomic E-state index is 0.00139. The topological polar surface area (TPSA) is 94.0 Å². The summed E-state index contributed by atoms with van der Waals surface area (Å²) in [5.74, 6) is -0.747. The highest BCUT2D eigenvalue weighted by Gasteiger charge is 2.05. The van der Waals surface area contributed by atoms with Gasteiger partial charge in [0.05, 0.1) is 13.0 Å². The van der Waals surface area contributed by atoms with Crippen molar-refractivity contribution in [1.29, 1.82) is 0 Å². The van der Waals surface area contributed by atoms with Crippen LogP contribution in [-0.2, 0) is 11.3 Å². The number of nitrogens with zero attached hydrogens (tertiary/aromatic N) is 3. The summed E-state index contributed by atoms with van der Waals surface area (Å²) in [4.78, 5) is 13.9. The van der Waals surface area contributed by atoms with E-state index in [1.54, 1.807) is 0 Å². The van der Waals surface area contributed by atoms with Gasteiger partial charge < -0.3 is 10.8 Å². The summed E-state index contributed by atoms with van der Waals surface area (Å²) in [6.07, 6.45) is 0.00139. The van der Waals surface area contributed by atoms with Crippen LogP contribution in [0.2, 0.25) is 0 Å². The van der Waals surface area contributed by atoms with Gasteiger partial charge in [-0.3, -0.25) is 4.79 Å². The van der Waals surface area contributed by atoms with E-state index in [4.69, 9.17) is 10.8 Å². The van der Waals surface area contributed by atoms with E-state index in [-0.39, 0.29) is 18.9 Å². The number of nitrogens with two attached hydrogens (primary N) is 1. The first-order valence-corrected chi connectivity index (χ1v) is 3.96. The van der Waals surface area contributed by atoms with Crippen molar-refractivity contribution >= 4 is 27.8 Å². The molecule has 3 N–H and O–H groups in total. The van der Waals surface area contributed by atoms with Gasteiger partial charge >= 0.3 is 5.97 Å². The summed E-state index contributed by atoms with van der Waals surface area (Å²) in [5.41, 5.74) is 5.27. The molecule has 1 aromatic rings. The predicted octanol–water partition coefficient (Wildman–Crippen LogP) is 0.0975. The molecule has 0 saturated carbocycles. The van der Waals surface area contributed by atoms with Gasteiger partial charge in [0.25, 0.3) is 0 Å². The van der Waals surface area contributed by atoms with Crippen LogP contribution in [-0.4, -0.2) is 25.8 Å². The van der Waals surface area contributed by atoms with Crippen LogP contribution in [0.4, 0.5) is 5.95 Å². The highest BCUT2D eigenvalue weighted by Crippen LogP contribution is 2.07. The number of anilines is 1. The highest BCUT2D eigenvalue weighted by atomic mass is 79.9. The predicted molar refractivity (Wildman–Crippen MR) is 44.4 cm³/mol. The number of carbonyl (C=O) groups is 1. The molecule has 0 aromatic carbocycles. The third-order valence-electron chi connectivity index (χ3n) is 1.18. The Balaban J connectivity index is 2.62. The maximum atomic E-state index is 10.2. The fourth-order valence-electron chi connectivity index (χ4n) is 0.683. The van der Waals surface area contributed by atoms with E-state index in [0.29, 0.717) is 4.73 Å². The zero-order valence-corrected chi connectivity index (χ0v) is 7.65. The number of halogens is 1. The largest absolute Gasteiger partial charge is 0.481 e. The highest BCUT2D eigenvalue weighted by molar-refractivity contribution is 9.10. The number of carboxylic acids is 1. The standard InChI is InChI=1S/C5H7BrN4O2/c6-4-8-5(7)9-10(4)2-1-3(11)12/h1-2H2,(H2,7,9)(H,11,12). The molecule has 0 fully saturated rings. The van der Waals surface area contributed by atoms with Crippen molar-refractivity contribution < 1.29 is 9.90 Å². The Labute approximate surface area is 76.5 Å². The number of hydrogen-bond acceptors (Lipinski definition) is 4. The molecule has 0 aliphatic rings. The lowest BCUT2D eigenvalue weighted by molar-refractivity contribution is -0.137. The second kappa shape index (κ2) is 3.53. The van der Waals surface area contributed by atoms with Crippen LogP contribution in [0.15, 0.2) is 4.73 Å². The Morgan fingerprint density at radius 3 is 2.83 bits per heavy atom. The smallest absolute Gasteiger partial charge is 0.305 e. The van der Waals surface area contributed by atoms with Gasteiger partial charge in [-0.25, -0.2) is 4.68 Å². The van der Waals surface area contributed by atoms with Crippen LogP contribution in [0.5, 0.6) is 0 Å². The Bertz CT molecular complexity index is 298. The molecule has 66 valence electrons. The summed E-state index contributed by atoms with van der Waals surface area (Å²) >= 11 is 3.08. The van der Waals surface area contributed by atoms with Crippen LogP contribution >= 0.6 is 15.9 Å². The maximum Gasteiger partial charge on any atom is 0.305 e. The number of nitrogen functional groups attached to an aromatic ring is 1. The van der Waals surface area contributed by atoms with Crippen molar-refractivity contribution in [1.82, 2.24) is 14.8 Å². The molecule has 1 heterocycles. The quantitative estimate of drug-likeness (QED) is 0.774. The van der Waals surface area contributed by atoms with Crippen molar-refractivity contribution in [3.63, 3.8) is 0 Å². The number of aliphatic carboxylic acids is 1. The molecule has 0 atom stereocenters. The molecule has 0 spiro atoms. The summed E-state index contributed by atoms with van der Waals surface area (Å²) in [5, 5.41) is 12.1. The van der Waals surface area contributed by atoms with Crippen LogP contribution in [0.3, 0.4) is 0 Å². The van der Waals surface area contributed by atoms with E-state index in [1.165, 1.54) is 4.68 Å². The van der Waals surface area contributed by atoms with Gasteiger partial charge in [0, 0.05) is 0 Å². The third-order valence-corrected chi connectivity index (χ3v) is 1.77. The fraction of sp³-hybridized carbons (Fsp3) is 0.400. The third kappa shape index (κ3) is 2.19. The van der Waals surface area contributed by atoms with E-state index in [1.807, 2.05) is 0 Å². The van der Waals surface area contributed by atoms with Crippen molar-refractivity contribution in [3.8, 4) is 0 Å². The lowest BCUT2D eigenvalue weighted by Crippen LogP contribution is -2.06. The van der Waals surface area contributed by atoms with E-state index in [0.717, 1.165) is 0 Å². The maximum absolute atomic E-state index is 10.2. The monoisotopic (exact) mass is 234 g/mol. The van der Waals surface area contributed by atoms with Gasteiger partial charge in [0.15, 0.2) is 4.73 Å². The number of hydrogen-bond donors (Lipinski definition) is 2. The molecule has 0 unspecified atom stereocenters. The zero-order chi connectivity index (χ0) is 9.14. The van der Waals surface area contributed by atoms with Gasteiger partial charge in [-0.1, -0.05) is 0 Å². The van der Waals surface area contributed by atoms with Gasteiger partial charge in [-0.2, -0.15) is 4.98 Å². The minimum atomic E-state index is -0.879. The van der Waals surface area contributed by atoms with Crippen LogP contribution < -0.4 is 5.73 Å². The van der Waals surface area contributed by atoms with Crippen molar-refractivity contribution in [2.75, 3.05) is 5.73 Å². The van der Waals surface area contributed by atoms with E-state index in [2.05, 4.69) is 26.0 Å². The van der Waals surface area contributed by atoms with Crippen LogP contribution in [0, 0.1) is 0 Å². The fourth-order valence-corrected chi connectivity index (χ4v) is 1.12. The van der Waals surface area contributed by atoms with Gasteiger partial charge in [-0.05, 0) is 15.9 Å². The van der Waals surface area contributed by atoms with Gasteiger partial charge in [-0.15, -0.1) is 5.10 Å². The zero-order valence-electron chi connectivity index (χ0n) is 6.07. The van der Waals surface area contributed by atoms with Crippen molar-refractivity contribution in [2.24, 2.45) is 0 Å². The number of aromatic nitrogens is 3. The number of rotatable bonds is 3. The lowest BCUT2D eigenvalue weighted by Gasteiger charge is -1.96. The average Bonchev–Trinajstić information content (AvgIpc) is 2.26. The Morgan fingerprint density at radius 2 is 2.42 bits per heavy atom. The molecule has 1 rings (SSSR count). The molecule has 12 heavy (non-hydrogen) atoms. The summed E-state index contributed by atoms with van der Waals surface area (Å²) in [6.45, 7) is 0.264. The average molecular weight is 235 g/mol. The number of aryl methyl sites for hydroxylation is 1. The molecule has 7 heteroatoms. The Morgan fingerprint density at radius 1 is 1.75 bits per heavy atom. The molecule has 0 aliphatic heterocycles.